The maximum atomic E-state index is 13.0. The Bertz CT molecular complexity index is 1400. The highest BCUT2D eigenvalue weighted by molar-refractivity contribution is 6.53. The average molecular weight is 568 g/mol. The number of aryl methyl sites for hydroxylation is 1. The fraction of sp³-hybridized carbons (Fsp3) is 0.160. The molecule has 3 aromatic carbocycles. The van der Waals surface area contributed by atoms with E-state index >= 15 is 0 Å². The van der Waals surface area contributed by atoms with Gasteiger partial charge in [-0.1, -0.05) is 40.9 Å². The molecular weight excluding hydrogens is 552 g/mol. The first-order chi connectivity index (χ1) is 16.5. The lowest BCUT2D eigenvalue weighted by Gasteiger charge is -2.12. The smallest absolute Gasteiger partial charge is 0.257 e. The molecule has 0 saturated heterocycles. The Hall–Kier alpha value is -2.46. The zero-order valence-corrected chi connectivity index (χ0v) is 21.8. The summed E-state index contributed by atoms with van der Waals surface area (Å²) in [5, 5.41) is 15.5. The minimum Gasteiger partial charge on any atom is -0.326 e. The van der Waals surface area contributed by atoms with Gasteiger partial charge in [-0.25, -0.2) is 0 Å². The molecule has 0 aliphatic heterocycles. The van der Waals surface area contributed by atoms with Gasteiger partial charge >= 0.3 is 0 Å². The van der Waals surface area contributed by atoms with Crippen LogP contribution in [0.2, 0.25) is 15.1 Å². The van der Waals surface area contributed by atoms with Gasteiger partial charge in [-0.3, -0.25) is 9.59 Å². The Kier molecular flexibility index (Phi) is 7.24. The van der Waals surface area contributed by atoms with Crippen LogP contribution in [0, 0.1) is 24.2 Å². The SMILES string of the molecule is Cc1cc(C#N)ccc1NC(=O)c1cc(NC(=O)[C@H]2[C@H](c3ccc(Cl)c(Cl)c3)C2(Cl)Cl)ccc1Cl. The molecule has 4 rings (SSSR count). The van der Waals surface area contributed by atoms with Gasteiger partial charge in [-0.2, -0.15) is 5.26 Å². The van der Waals surface area contributed by atoms with Crippen LogP contribution in [-0.4, -0.2) is 16.1 Å². The van der Waals surface area contributed by atoms with E-state index in [2.05, 4.69) is 10.6 Å². The molecule has 1 saturated carbocycles. The lowest BCUT2D eigenvalue weighted by molar-refractivity contribution is -0.117. The molecule has 0 bridgehead atoms. The number of alkyl halides is 2. The first kappa shape index (κ1) is 25.6. The molecule has 0 unspecified atom stereocenters. The number of rotatable bonds is 5. The van der Waals surface area contributed by atoms with Crippen molar-refractivity contribution in [1.29, 1.82) is 5.26 Å². The molecule has 5 nitrogen and oxygen atoms in total. The summed E-state index contributed by atoms with van der Waals surface area (Å²) in [4.78, 5) is 25.9. The lowest BCUT2D eigenvalue weighted by Crippen LogP contribution is -2.18. The summed E-state index contributed by atoms with van der Waals surface area (Å²) in [5.74, 6) is -2.10. The summed E-state index contributed by atoms with van der Waals surface area (Å²) in [5.41, 5.74) is 2.95. The Balaban J connectivity index is 1.51. The van der Waals surface area contributed by atoms with E-state index in [1.54, 1.807) is 49.4 Å². The van der Waals surface area contributed by atoms with E-state index in [9.17, 15) is 9.59 Å². The Morgan fingerprint density at radius 3 is 2.29 bits per heavy atom. The number of carbonyl (C=O) groups is 2. The Labute approximate surface area is 226 Å². The molecule has 3 aromatic rings. The van der Waals surface area contributed by atoms with Crippen molar-refractivity contribution in [3.05, 3.63) is 91.9 Å². The largest absolute Gasteiger partial charge is 0.326 e. The predicted molar refractivity (Wildman–Crippen MR) is 141 cm³/mol. The summed E-state index contributed by atoms with van der Waals surface area (Å²) in [6, 6.07) is 16.5. The molecule has 178 valence electrons. The summed E-state index contributed by atoms with van der Waals surface area (Å²) in [6.45, 7) is 1.78. The fourth-order valence-electron chi connectivity index (χ4n) is 3.83. The summed E-state index contributed by atoms with van der Waals surface area (Å²) >= 11 is 31.2. The van der Waals surface area contributed by atoms with Crippen LogP contribution < -0.4 is 10.6 Å². The number of nitrogens with zero attached hydrogens (tertiary/aromatic N) is 1. The van der Waals surface area contributed by atoms with Gasteiger partial charge in [0.05, 0.1) is 38.2 Å². The first-order valence-electron chi connectivity index (χ1n) is 10.3. The van der Waals surface area contributed by atoms with Crippen molar-refractivity contribution >= 4 is 81.2 Å². The molecule has 1 fully saturated rings. The maximum absolute atomic E-state index is 13.0. The fourth-order valence-corrected chi connectivity index (χ4v) is 5.17. The average Bonchev–Trinajstić information content (AvgIpc) is 3.40. The lowest BCUT2D eigenvalue weighted by atomic mass is 10.1. The molecular formula is C25H16Cl5N3O2. The zero-order valence-electron chi connectivity index (χ0n) is 18.0. The van der Waals surface area contributed by atoms with Crippen molar-refractivity contribution < 1.29 is 9.59 Å². The van der Waals surface area contributed by atoms with E-state index in [1.165, 1.54) is 12.1 Å². The number of nitriles is 1. The molecule has 2 atom stereocenters. The van der Waals surface area contributed by atoms with Crippen LogP contribution in [0.3, 0.4) is 0 Å². The van der Waals surface area contributed by atoms with E-state index in [1.807, 2.05) is 6.07 Å². The van der Waals surface area contributed by atoms with Gasteiger partial charge in [0.25, 0.3) is 5.91 Å². The quantitative estimate of drug-likeness (QED) is 0.312. The monoisotopic (exact) mass is 565 g/mol. The van der Waals surface area contributed by atoms with Crippen molar-refractivity contribution in [2.75, 3.05) is 10.6 Å². The minimum absolute atomic E-state index is 0.160. The van der Waals surface area contributed by atoms with E-state index < -0.39 is 28.0 Å². The highest BCUT2D eigenvalue weighted by Gasteiger charge is 2.67. The molecule has 1 aliphatic carbocycles. The molecule has 2 N–H and O–H groups in total. The van der Waals surface area contributed by atoms with E-state index in [0.717, 1.165) is 5.56 Å². The molecule has 0 radical (unpaired) electrons. The van der Waals surface area contributed by atoms with Crippen LogP contribution >= 0.6 is 58.0 Å². The topological polar surface area (TPSA) is 82.0 Å². The molecule has 1 aliphatic rings. The van der Waals surface area contributed by atoms with Crippen LogP contribution in [0.25, 0.3) is 0 Å². The molecule has 0 aromatic heterocycles. The number of anilines is 2. The third-order valence-corrected chi connectivity index (χ3v) is 7.73. The molecule has 10 heteroatoms. The van der Waals surface area contributed by atoms with Crippen molar-refractivity contribution in [3.63, 3.8) is 0 Å². The highest BCUT2D eigenvalue weighted by Crippen LogP contribution is 2.65. The second kappa shape index (κ2) is 9.89. The number of hydrogen-bond acceptors (Lipinski definition) is 3. The molecule has 0 heterocycles. The summed E-state index contributed by atoms with van der Waals surface area (Å²) in [7, 11) is 0. The second-order valence-corrected chi connectivity index (χ2v) is 10.7. The van der Waals surface area contributed by atoms with Gasteiger partial charge in [-0.05, 0) is 66.6 Å². The normalized spacial score (nSPS) is 17.9. The zero-order chi connectivity index (χ0) is 25.5. The van der Waals surface area contributed by atoms with Crippen LogP contribution in [0.4, 0.5) is 11.4 Å². The van der Waals surface area contributed by atoms with Gasteiger partial charge in [0.1, 0.15) is 4.33 Å². The van der Waals surface area contributed by atoms with Crippen LogP contribution in [0.5, 0.6) is 0 Å². The second-order valence-electron chi connectivity index (χ2n) is 8.08. The van der Waals surface area contributed by atoms with Crippen LogP contribution in [-0.2, 0) is 4.79 Å². The van der Waals surface area contributed by atoms with Crippen molar-refractivity contribution in [2.24, 2.45) is 5.92 Å². The standard InChI is InChI=1S/C25H16Cl5N3O2/c1-12-8-13(11-31)2-7-20(12)33-23(34)16-10-15(4-6-17(16)26)32-24(35)22-21(25(22,29)30)14-3-5-18(27)19(28)9-14/h2-10,21-22H,1H3,(H,32,35)(H,33,34)/t21-,22+/m0/s1. The van der Waals surface area contributed by atoms with Gasteiger partial charge in [-0.15, -0.1) is 23.2 Å². The third-order valence-electron chi connectivity index (χ3n) is 5.72. The Morgan fingerprint density at radius 1 is 0.914 bits per heavy atom. The summed E-state index contributed by atoms with van der Waals surface area (Å²) < 4.78 is -1.32. The maximum Gasteiger partial charge on any atom is 0.257 e. The molecule has 2 amide bonds. The minimum atomic E-state index is -1.32. The van der Waals surface area contributed by atoms with Crippen LogP contribution in [0.1, 0.15) is 33.0 Å². The van der Waals surface area contributed by atoms with Crippen LogP contribution in [0.15, 0.2) is 54.6 Å². The third kappa shape index (κ3) is 5.23. The van der Waals surface area contributed by atoms with E-state index in [4.69, 9.17) is 63.3 Å². The van der Waals surface area contributed by atoms with Gasteiger partial charge in [0.2, 0.25) is 5.91 Å². The number of carbonyl (C=O) groups excluding carboxylic acids is 2. The molecule has 35 heavy (non-hydrogen) atoms. The van der Waals surface area contributed by atoms with E-state index in [-0.39, 0.29) is 10.6 Å². The number of amides is 2. The Morgan fingerprint density at radius 2 is 1.63 bits per heavy atom. The predicted octanol–water partition coefficient (Wildman–Crippen LogP) is 7.61. The first-order valence-corrected chi connectivity index (χ1v) is 12.2. The van der Waals surface area contributed by atoms with Crippen molar-refractivity contribution in [1.82, 2.24) is 0 Å². The number of benzene rings is 3. The van der Waals surface area contributed by atoms with E-state index in [0.29, 0.717) is 32.5 Å². The molecule has 0 spiro atoms. The van der Waals surface area contributed by atoms with Gasteiger partial charge < -0.3 is 10.6 Å². The van der Waals surface area contributed by atoms with Gasteiger partial charge in [0.15, 0.2) is 0 Å². The van der Waals surface area contributed by atoms with Gasteiger partial charge in [0, 0.05) is 17.3 Å². The number of halogens is 5. The number of nitrogens with one attached hydrogen (secondary N) is 2. The van der Waals surface area contributed by atoms with Crippen molar-refractivity contribution in [3.8, 4) is 6.07 Å². The summed E-state index contributed by atoms with van der Waals surface area (Å²) in [6.07, 6.45) is 0. The number of hydrogen-bond donors (Lipinski definition) is 2. The van der Waals surface area contributed by atoms with Crippen molar-refractivity contribution in [2.45, 2.75) is 17.2 Å². The highest BCUT2D eigenvalue weighted by atomic mass is 35.5.